The topological polar surface area (TPSA) is 146 Å². The van der Waals surface area contributed by atoms with Crippen LogP contribution in [0, 0.1) is 22.7 Å². The van der Waals surface area contributed by atoms with E-state index in [4.69, 9.17) is 26.1 Å². The Morgan fingerprint density at radius 3 is 2.80 bits per heavy atom. The molecule has 4 atom stereocenters. The summed E-state index contributed by atoms with van der Waals surface area (Å²) in [5.74, 6) is -0.917. The van der Waals surface area contributed by atoms with E-state index in [1.807, 2.05) is 18.2 Å². The van der Waals surface area contributed by atoms with Gasteiger partial charge in [-0.05, 0) is 43.7 Å². The van der Waals surface area contributed by atoms with E-state index in [9.17, 15) is 24.8 Å². The van der Waals surface area contributed by atoms with Gasteiger partial charge in [-0.1, -0.05) is 23.8 Å². The van der Waals surface area contributed by atoms with Gasteiger partial charge in [0, 0.05) is 43.3 Å². The molecule has 3 aliphatic rings. The fourth-order valence-electron chi connectivity index (χ4n) is 6.31. The van der Waals surface area contributed by atoms with Crippen LogP contribution in [0.4, 0.5) is 0 Å². The number of carbonyl (C=O) groups excluding carboxylic acids is 2. The van der Waals surface area contributed by atoms with Gasteiger partial charge in [0.15, 0.2) is 5.69 Å². The fraction of sp³-hybridized carbons (Fsp3) is 0.438. The summed E-state index contributed by atoms with van der Waals surface area (Å²) in [5.41, 5.74) is -0.0381. The molecule has 1 saturated carbocycles. The second-order valence-corrected chi connectivity index (χ2v) is 13.0. The second kappa shape index (κ2) is 12.3. The normalized spacial score (nSPS) is 26.0. The Hall–Kier alpha value is -4.21. The number of fused-ring (bicyclic) bond motifs is 3. The number of halogens is 1. The van der Waals surface area contributed by atoms with Crippen molar-refractivity contribution < 1.29 is 29.0 Å². The summed E-state index contributed by atoms with van der Waals surface area (Å²) >= 11 is 7.94. The van der Waals surface area contributed by atoms with Crippen molar-refractivity contribution in [3.63, 3.8) is 0 Å². The summed E-state index contributed by atoms with van der Waals surface area (Å²) in [6, 6.07) is 6.44. The largest absolute Gasteiger partial charge is 0.495 e. The molecule has 2 fully saturated rings. The molecule has 1 aromatic carbocycles. The lowest BCUT2D eigenvalue weighted by Gasteiger charge is -2.28. The molecule has 0 radical (unpaired) electrons. The molecular weight excluding hydrogens is 618 g/mol. The van der Waals surface area contributed by atoms with E-state index < -0.39 is 23.5 Å². The number of carbonyl (C=O) groups is 3. The first-order valence-corrected chi connectivity index (χ1v) is 16.1. The minimum Gasteiger partial charge on any atom is -0.495 e. The molecular formula is C32H32ClN5O6S. The number of carboxylic acid groups (broad SMARTS) is 1. The zero-order valence-corrected chi connectivity index (χ0v) is 26.4. The van der Waals surface area contributed by atoms with Crippen molar-refractivity contribution in [3.05, 3.63) is 46.4 Å². The van der Waals surface area contributed by atoms with E-state index in [2.05, 4.69) is 4.98 Å². The van der Waals surface area contributed by atoms with Crippen molar-refractivity contribution in [2.45, 2.75) is 50.7 Å². The number of likely N-dealkylation sites (N-methyl/N-ethyl adjacent to an activating group) is 1. The van der Waals surface area contributed by atoms with Crippen LogP contribution in [-0.2, 0) is 14.4 Å². The summed E-state index contributed by atoms with van der Waals surface area (Å²) in [6.07, 6.45) is 6.27. The summed E-state index contributed by atoms with van der Waals surface area (Å²) in [4.78, 5) is 52.1. The average Bonchev–Trinajstić information content (AvgIpc) is 3.33. The van der Waals surface area contributed by atoms with Crippen molar-refractivity contribution in [1.82, 2.24) is 19.8 Å². The number of benzene rings is 1. The van der Waals surface area contributed by atoms with Crippen LogP contribution in [-0.4, -0.2) is 82.1 Å². The van der Waals surface area contributed by atoms with E-state index in [-0.39, 0.29) is 47.8 Å². The molecule has 4 heterocycles. The molecule has 2 aliphatic heterocycles. The molecule has 0 unspecified atom stereocenters. The first kappa shape index (κ1) is 30.8. The zero-order chi connectivity index (χ0) is 31.9. The maximum atomic E-state index is 13.8. The van der Waals surface area contributed by atoms with E-state index in [0.717, 1.165) is 19.3 Å². The number of pyridine rings is 1. The number of methoxy groups -OCH3 is 1. The standard InChI is InChI=1S/C32H32ClN5O6S/c1-37-10-6-4-3-5-7-18-13-32(18,31(41)42)14-26(39)38-16-20(11-23(38)30(37)40)44-25-12-22(29-35-19(15-34)17-45-29)36-28-21(25)8-9-24(43-2)27(28)33/h5,7-9,12,17-18,20,23H,3-4,6,10-11,13-14,16H2,1-2H3,(H,41,42)/b7-5-/t18-,20-,23-,32+/m0/s1. The highest BCUT2D eigenvalue weighted by Gasteiger charge is 2.61. The third kappa shape index (κ3) is 5.82. The SMILES string of the molecule is COc1ccc2c(O[C@H]3C[C@H]4C(=O)N(C)CCCC/C=C\[C@H]5C[C@@]5(C(=O)O)CC(=O)N4C3)cc(-c3nc(C#N)cs3)nc2c1Cl. The number of rotatable bonds is 5. The van der Waals surface area contributed by atoms with Crippen LogP contribution in [0.3, 0.4) is 0 Å². The van der Waals surface area contributed by atoms with Crippen LogP contribution in [0.1, 0.15) is 44.2 Å². The Bertz CT molecular complexity index is 1750. The molecule has 45 heavy (non-hydrogen) atoms. The second-order valence-electron chi connectivity index (χ2n) is 11.8. The third-order valence-corrected chi connectivity index (χ3v) is 10.2. The number of nitrogens with zero attached hydrogens (tertiary/aromatic N) is 5. The molecule has 2 aromatic heterocycles. The number of ether oxygens (including phenoxy) is 2. The number of aromatic nitrogens is 2. The van der Waals surface area contributed by atoms with Gasteiger partial charge in [-0.25, -0.2) is 9.97 Å². The number of aliphatic carboxylic acids is 1. The van der Waals surface area contributed by atoms with Crippen LogP contribution in [0.15, 0.2) is 35.7 Å². The minimum absolute atomic E-state index is 0.109. The predicted molar refractivity (Wildman–Crippen MR) is 167 cm³/mol. The maximum absolute atomic E-state index is 13.8. The molecule has 0 spiro atoms. The number of nitriles is 1. The van der Waals surface area contributed by atoms with Crippen LogP contribution in [0.2, 0.25) is 5.02 Å². The molecule has 13 heteroatoms. The summed E-state index contributed by atoms with van der Waals surface area (Å²) in [6.45, 7) is 0.661. The molecule has 1 N–H and O–H groups in total. The van der Waals surface area contributed by atoms with Gasteiger partial charge in [-0.3, -0.25) is 14.4 Å². The Morgan fingerprint density at radius 2 is 2.07 bits per heavy atom. The summed E-state index contributed by atoms with van der Waals surface area (Å²) in [5, 5.41) is 22.4. The lowest BCUT2D eigenvalue weighted by molar-refractivity contribution is -0.150. The smallest absolute Gasteiger partial charge is 0.310 e. The van der Waals surface area contributed by atoms with Gasteiger partial charge in [0.05, 0.1) is 24.6 Å². The average molecular weight is 650 g/mol. The highest BCUT2D eigenvalue weighted by molar-refractivity contribution is 7.13. The van der Waals surface area contributed by atoms with E-state index in [1.54, 1.807) is 35.5 Å². The van der Waals surface area contributed by atoms with Crippen molar-refractivity contribution in [3.8, 4) is 28.3 Å². The van der Waals surface area contributed by atoms with Gasteiger partial charge in [0.25, 0.3) is 0 Å². The lowest BCUT2D eigenvalue weighted by Crippen LogP contribution is -2.47. The van der Waals surface area contributed by atoms with Crippen LogP contribution >= 0.6 is 22.9 Å². The number of carboxylic acids is 1. The number of hydrogen-bond donors (Lipinski definition) is 1. The molecule has 0 bridgehead atoms. The van der Waals surface area contributed by atoms with E-state index >= 15 is 0 Å². The van der Waals surface area contributed by atoms with Crippen molar-refractivity contribution in [2.24, 2.45) is 11.3 Å². The molecule has 1 saturated heterocycles. The van der Waals surface area contributed by atoms with Crippen LogP contribution in [0.25, 0.3) is 21.6 Å². The maximum Gasteiger partial charge on any atom is 0.310 e. The zero-order valence-electron chi connectivity index (χ0n) is 24.9. The summed E-state index contributed by atoms with van der Waals surface area (Å²) in [7, 11) is 3.24. The first-order valence-electron chi connectivity index (χ1n) is 14.8. The van der Waals surface area contributed by atoms with Crippen molar-refractivity contribution >= 4 is 51.6 Å². The van der Waals surface area contributed by atoms with Gasteiger partial charge in [-0.2, -0.15) is 5.26 Å². The van der Waals surface area contributed by atoms with Gasteiger partial charge in [0.2, 0.25) is 11.8 Å². The van der Waals surface area contributed by atoms with Crippen LogP contribution in [0.5, 0.6) is 11.5 Å². The Morgan fingerprint density at radius 1 is 1.24 bits per heavy atom. The molecule has 234 valence electrons. The van der Waals surface area contributed by atoms with Gasteiger partial charge >= 0.3 is 5.97 Å². The Balaban J connectivity index is 1.35. The van der Waals surface area contributed by atoms with E-state index in [0.29, 0.717) is 46.1 Å². The van der Waals surface area contributed by atoms with Crippen LogP contribution < -0.4 is 9.47 Å². The highest BCUT2D eigenvalue weighted by atomic mass is 35.5. The quantitative estimate of drug-likeness (QED) is 0.381. The first-order chi connectivity index (χ1) is 21.6. The predicted octanol–water partition coefficient (Wildman–Crippen LogP) is 4.92. The van der Waals surface area contributed by atoms with Gasteiger partial charge in [0.1, 0.15) is 45.4 Å². The Kier molecular flexibility index (Phi) is 8.41. The molecule has 6 rings (SSSR count). The highest BCUT2D eigenvalue weighted by Crippen LogP contribution is 2.57. The number of amides is 2. The third-order valence-electron chi connectivity index (χ3n) is 8.95. The molecule has 11 nitrogen and oxygen atoms in total. The molecule has 1 aliphatic carbocycles. The van der Waals surface area contributed by atoms with Crippen molar-refractivity contribution in [2.75, 3.05) is 27.2 Å². The monoisotopic (exact) mass is 649 g/mol. The summed E-state index contributed by atoms with van der Waals surface area (Å²) < 4.78 is 12.0. The molecule has 3 aromatic rings. The molecule has 2 amide bonds. The number of allylic oxidation sites excluding steroid dienone is 2. The lowest BCUT2D eigenvalue weighted by atomic mass is 9.97. The van der Waals surface area contributed by atoms with E-state index in [1.165, 1.54) is 23.3 Å². The fourth-order valence-corrected chi connectivity index (χ4v) is 7.30. The van der Waals surface area contributed by atoms with Gasteiger partial charge < -0.3 is 24.4 Å². The number of thiazole rings is 1. The van der Waals surface area contributed by atoms with Crippen molar-refractivity contribution in [1.29, 1.82) is 5.26 Å². The number of hydrogen-bond acceptors (Lipinski definition) is 9. The minimum atomic E-state index is -1.15. The Labute approximate surface area is 269 Å². The van der Waals surface area contributed by atoms with Gasteiger partial charge in [-0.15, -0.1) is 11.3 Å².